The molecule has 1 amide bonds. The van der Waals surface area contributed by atoms with E-state index >= 15 is 0 Å². The highest BCUT2D eigenvalue weighted by Crippen LogP contribution is 2.31. The Balaban J connectivity index is 2.03. The Hall–Kier alpha value is -3.44. The number of nitrogens with one attached hydrogen (secondary N) is 1. The molecule has 0 aliphatic rings. The first-order valence-electron chi connectivity index (χ1n) is 9.30. The van der Waals surface area contributed by atoms with Gasteiger partial charge in [0.05, 0.1) is 13.2 Å². The monoisotopic (exact) mass is 389 g/mol. The summed E-state index contributed by atoms with van der Waals surface area (Å²) in [7, 11) is 1.22. The molecule has 3 aromatic rings. The lowest BCUT2D eigenvalue weighted by Gasteiger charge is -2.34. The Kier molecular flexibility index (Phi) is 6.42. The summed E-state index contributed by atoms with van der Waals surface area (Å²) in [6.07, 6.45) is -0.0187. The molecule has 0 spiro atoms. The molecule has 0 saturated carbocycles. The van der Waals surface area contributed by atoms with Crippen molar-refractivity contribution in [2.75, 3.05) is 7.11 Å². The Morgan fingerprint density at radius 2 is 1.41 bits per heavy atom. The second kappa shape index (κ2) is 9.17. The van der Waals surface area contributed by atoms with Gasteiger partial charge in [0.15, 0.2) is 5.60 Å². The van der Waals surface area contributed by atoms with Crippen molar-refractivity contribution in [3.8, 4) is 0 Å². The average molecular weight is 389 g/mol. The average Bonchev–Trinajstić information content (AvgIpc) is 2.78. The molecule has 0 heterocycles. The second-order valence-electron chi connectivity index (χ2n) is 6.76. The smallest absolute Gasteiger partial charge is 0.340 e. The lowest BCUT2D eigenvalue weighted by molar-refractivity contribution is -0.165. The minimum atomic E-state index is -2.00. The van der Waals surface area contributed by atoms with Crippen LogP contribution in [0, 0.1) is 0 Å². The van der Waals surface area contributed by atoms with Crippen LogP contribution in [0.3, 0.4) is 0 Å². The molecular formula is C24H23NO4. The Morgan fingerprint density at radius 3 is 1.97 bits per heavy atom. The Morgan fingerprint density at radius 1 is 0.897 bits per heavy atom. The fourth-order valence-electron chi connectivity index (χ4n) is 3.30. The molecule has 148 valence electrons. The number of aliphatic hydroxyl groups is 1. The van der Waals surface area contributed by atoms with Crippen molar-refractivity contribution >= 4 is 11.9 Å². The minimum Gasteiger partial charge on any atom is -0.467 e. The standard InChI is InChI=1S/C24H23NO4/c1-29-23(27)24(28,17-18-11-5-2-6-12-18)21(19-13-7-3-8-14-19)25-22(26)20-15-9-4-10-16-20/h2-16,21,28H,17H2,1H3,(H,25,26)/t21-,24-/m0/s1. The molecule has 0 fully saturated rings. The summed E-state index contributed by atoms with van der Waals surface area (Å²) in [5.74, 6) is -1.21. The van der Waals surface area contributed by atoms with Crippen LogP contribution in [0.1, 0.15) is 27.5 Å². The SMILES string of the molecule is COC(=O)[C@](O)(Cc1ccccc1)[C@@H](NC(=O)c1ccccc1)c1ccccc1. The largest absolute Gasteiger partial charge is 0.467 e. The van der Waals surface area contributed by atoms with Gasteiger partial charge in [-0.2, -0.15) is 0 Å². The second-order valence-corrected chi connectivity index (χ2v) is 6.76. The van der Waals surface area contributed by atoms with E-state index in [4.69, 9.17) is 4.74 Å². The third kappa shape index (κ3) is 4.70. The molecule has 2 N–H and O–H groups in total. The third-order valence-corrected chi connectivity index (χ3v) is 4.78. The van der Waals surface area contributed by atoms with Crippen LogP contribution in [0.5, 0.6) is 0 Å². The van der Waals surface area contributed by atoms with Crippen LogP contribution in [0.25, 0.3) is 0 Å². The van der Waals surface area contributed by atoms with Crippen LogP contribution in [0.4, 0.5) is 0 Å². The minimum absolute atomic E-state index is 0.0187. The van der Waals surface area contributed by atoms with E-state index in [1.165, 1.54) is 7.11 Å². The highest BCUT2D eigenvalue weighted by atomic mass is 16.5. The Labute approximate surface area is 170 Å². The number of esters is 1. The van der Waals surface area contributed by atoms with Gasteiger partial charge in [-0.25, -0.2) is 4.79 Å². The lowest BCUT2D eigenvalue weighted by Crippen LogP contribution is -2.53. The maximum absolute atomic E-state index is 12.9. The zero-order valence-corrected chi connectivity index (χ0v) is 16.1. The highest BCUT2D eigenvalue weighted by molar-refractivity contribution is 5.95. The highest BCUT2D eigenvalue weighted by Gasteiger charge is 2.47. The fourth-order valence-corrected chi connectivity index (χ4v) is 3.30. The summed E-state index contributed by atoms with van der Waals surface area (Å²) in [6, 6.07) is 25.7. The van der Waals surface area contributed by atoms with Crippen molar-refractivity contribution in [3.05, 3.63) is 108 Å². The summed E-state index contributed by atoms with van der Waals surface area (Å²) >= 11 is 0. The van der Waals surface area contributed by atoms with E-state index in [1.54, 1.807) is 48.5 Å². The van der Waals surface area contributed by atoms with Crippen molar-refractivity contribution in [1.29, 1.82) is 0 Å². The van der Waals surface area contributed by atoms with E-state index in [-0.39, 0.29) is 6.42 Å². The number of rotatable bonds is 7. The van der Waals surface area contributed by atoms with Gasteiger partial charge in [-0.3, -0.25) is 4.79 Å². The number of carbonyl (C=O) groups is 2. The van der Waals surface area contributed by atoms with Gasteiger partial charge in [0.25, 0.3) is 5.91 Å². The van der Waals surface area contributed by atoms with Crippen LogP contribution in [-0.4, -0.2) is 29.7 Å². The van der Waals surface area contributed by atoms with Gasteiger partial charge >= 0.3 is 5.97 Å². The maximum Gasteiger partial charge on any atom is 0.340 e. The van der Waals surface area contributed by atoms with E-state index in [1.807, 2.05) is 42.5 Å². The van der Waals surface area contributed by atoms with Crippen LogP contribution < -0.4 is 5.32 Å². The molecule has 0 aromatic heterocycles. The van der Waals surface area contributed by atoms with Gasteiger partial charge in [0.1, 0.15) is 0 Å². The number of hydrogen-bond donors (Lipinski definition) is 2. The fraction of sp³-hybridized carbons (Fsp3) is 0.167. The summed E-state index contributed by atoms with van der Waals surface area (Å²) in [6.45, 7) is 0. The quantitative estimate of drug-likeness (QED) is 0.608. The van der Waals surface area contributed by atoms with Gasteiger partial charge < -0.3 is 15.2 Å². The normalized spacial score (nSPS) is 13.7. The number of carbonyl (C=O) groups excluding carboxylic acids is 2. The van der Waals surface area contributed by atoms with Crippen molar-refractivity contribution in [3.63, 3.8) is 0 Å². The van der Waals surface area contributed by atoms with Gasteiger partial charge in [-0.15, -0.1) is 0 Å². The van der Waals surface area contributed by atoms with Gasteiger partial charge in [0.2, 0.25) is 0 Å². The predicted octanol–water partition coefficient (Wildman–Crippen LogP) is 3.30. The summed E-state index contributed by atoms with van der Waals surface area (Å²) in [5.41, 5.74) is -0.224. The molecule has 0 unspecified atom stereocenters. The number of benzene rings is 3. The molecule has 5 heteroatoms. The Bertz CT molecular complexity index is 944. The van der Waals surface area contributed by atoms with Crippen LogP contribution in [0.15, 0.2) is 91.0 Å². The number of methoxy groups -OCH3 is 1. The van der Waals surface area contributed by atoms with E-state index in [2.05, 4.69) is 5.32 Å². The number of ether oxygens (including phenoxy) is 1. The molecule has 3 rings (SSSR count). The van der Waals surface area contributed by atoms with E-state index in [0.717, 1.165) is 5.56 Å². The van der Waals surface area contributed by atoms with Crippen molar-refractivity contribution in [2.24, 2.45) is 0 Å². The summed E-state index contributed by atoms with van der Waals surface area (Å²) in [5, 5.41) is 14.4. The van der Waals surface area contributed by atoms with Crippen molar-refractivity contribution < 1.29 is 19.4 Å². The van der Waals surface area contributed by atoms with E-state index in [9.17, 15) is 14.7 Å². The molecule has 5 nitrogen and oxygen atoms in total. The number of hydrogen-bond acceptors (Lipinski definition) is 4. The van der Waals surface area contributed by atoms with Crippen LogP contribution in [-0.2, 0) is 16.0 Å². The predicted molar refractivity (Wildman–Crippen MR) is 110 cm³/mol. The van der Waals surface area contributed by atoms with Gasteiger partial charge in [-0.05, 0) is 23.3 Å². The third-order valence-electron chi connectivity index (χ3n) is 4.78. The zero-order valence-electron chi connectivity index (χ0n) is 16.1. The molecule has 0 aliphatic carbocycles. The van der Waals surface area contributed by atoms with E-state index < -0.39 is 23.5 Å². The zero-order chi connectivity index (χ0) is 20.7. The molecular weight excluding hydrogens is 366 g/mol. The molecule has 0 bridgehead atoms. The molecule has 3 aromatic carbocycles. The summed E-state index contributed by atoms with van der Waals surface area (Å²) in [4.78, 5) is 25.6. The molecule has 0 aliphatic heterocycles. The number of amides is 1. The first-order chi connectivity index (χ1) is 14.0. The molecule has 0 radical (unpaired) electrons. The van der Waals surface area contributed by atoms with Gasteiger partial charge in [-0.1, -0.05) is 78.9 Å². The lowest BCUT2D eigenvalue weighted by atomic mass is 9.83. The first kappa shape index (κ1) is 20.3. The molecule has 2 atom stereocenters. The molecule has 0 saturated heterocycles. The molecule has 29 heavy (non-hydrogen) atoms. The van der Waals surface area contributed by atoms with Crippen LogP contribution >= 0.6 is 0 Å². The first-order valence-corrected chi connectivity index (χ1v) is 9.30. The van der Waals surface area contributed by atoms with Gasteiger partial charge in [0, 0.05) is 12.0 Å². The van der Waals surface area contributed by atoms with Crippen molar-refractivity contribution in [1.82, 2.24) is 5.32 Å². The topological polar surface area (TPSA) is 75.6 Å². The maximum atomic E-state index is 12.9. The summed E-state index contributed by atoms with van der Waals surface area (Å²) < 4.78 is 4.94. The van der Waals surface area contributed by atoms with E-state index in [0.29, 0.717) is 11.1 Å². The van der Waals surface area contributed by atoms with Crippen LogP contribution in [0.2, 0.25) is 0 Å². The van der Waals surface area contributed by atoms with Crippen molar-refractivity contribution in [2.45, 2.75) is 18.1 Å².